The molecule has 2 unspecified atom stereocenters. The average molecular weight is 585 g/mol. The van der Waals surface area contributed by atoms with Crippen LogP contribution in [-0.2, 0) is 4.79 Å². The number of hydrogen-bond acceptors (Lipinski definition) is 2. The minimum Gasteiger partial charge on any atom is -0.326 e. The van der Waals surface area contributed by atoms with Gasteiger partial charge >= 0.3 is 12.1 Å². The average Bonchev–Trinajstić information content (AvgIpc) is 3.32. The number of halogens is 11. The van der Waals surface area contributed by atoms with E-state index in [1.165, 1.54) is 12.1 Å². The molecule has 0 radical (unpaired) electrons. The van der Waals surface area contributed by atoms with E-state index >= 15 is 0 Å². The Morgan fingerprint density at radius 1 is 0.971 bits per heavy atom. The van der Waals surface area contributed by atoms with Gasteiger partial charge in [-0.25, -0.2) is 8.78 Å². The first-order valence-electron chi connectivity index (χ1n) is 9.57. The molecule has 1 N–H and O–H groups in total. The van der Waals surface area contributed by atoms with Gasteiger partial charge in [-0.15, -0.1) is 23.2 Å². The Kier molecular flexibility index (Phi) is 7.64. The van der Waals surface area contributed by atoms with Gasteiger partial charge in [0.1, 0.15) is 10.2 Å². The lowest BCUT2D eigenvalue weighted by Gasteiger charge is -2.19. The van der Waals surface area contributed by atoms with E-state index < -0.39 is 75.0 Å². The summed E-state index contributed by atoms with van der Waals surface area (Å²) in [4.78, 5) is 24.9. The maximum absolute atomic E-state index is 14.3. The zero-order valence-electron chi connectivity index (χ0n) is 16.9. The number of rotatable bonds is 7. The number of benzene rings is 2. The fourth-order valence-electron chi connectivity index (χ4n) is 3.40. The summed E-state index contributed by atoms with van der Waals surface area (Å²) in [6.07, 6.45) is -9.14. The van der Waals surface area contributed by atoms with E-state index in [9.17, 15) is 40.3 Å². The molecule has 0 heterocycles. The zero-order valence-corrected chi connectivity index (χ0v) is 20.0. The second-order valence-electron chi connectivity index (χ2n) is 7.74. The summed E-state index contributed by atoms with van der Waals surface area (Å²) >= 11 is 23.8. The van der Waals surface area contributed by atoms with Crippen molar-refractivity contribution in [2.75, 3.05) is 5.32 Å². The van der Waals surface area contributed by atoms with Crippen molar-refractivity contribution in [3.05, 3.63) is 63.1 Å². The molecule has 14 heteroatoms. The Balaban J connectivity index is 1.78. The first-order valence-corrected chi connectivity index (χ1v) is 11.1. The maximum atomic E-state index is 14.3. The quantitative estimate of drug-likeness (QED) is 0.204. The van der Waals surface area contributed by atoms with Crippen LogP contribution in [0.3, 0.4) is 0 Å². The fourth-order valence-corrected chi connectivity index (χ4v) is 4.64. The third-order valence-corrected chi connectivity index (χ3v) is 6.82. The van der Waals surface area contributed by atoms with Crippen LogP contribution in [0.5, 0.6) is 0 Å². The zero-order chi connectivity index (χ0) is 26.5. The highest BCUT2D eigenvalue weighted by atomic mass is 35.5. The van der Waals surface area contributed by atoms with E-state index in [1.807, 2.05) is 0 Å². The first-order chi connectivity index (χ1) is 16.0. The van der Waals surface area contributed by atoms with Crippen LogP contribution in [0.15, 0.2) is 30.3 Å². The van der Waals surface area contributed by atoms with Gasteiger partial charge in [-0.1, -0.05) is 29.3 Å². The van der Waals surface area contributed by atoms with E-state index in [0.717, 1.165) is 18.2 Å². The molecule has 1 fully saturated rings. The monoisotopic (exact) mass is 583 g/mol. The molecule has 35 heavy (non-hydrogen) atoms. The van der Waals surface area contributed by atoms with Crippen molar-refractivity contribution < 1.29 is 40.3 Å². The van der Waals surface area contributed by atoms with Crippen LogP contribution in [-0.4, -0.2) is 28.1 Å². The number of alkyl halides is 7. The minimum absolute atomic E-state index is 0.234. The van der Waals surface area contributed by atoms with Crippen molar-refractivity contribution in [3.63, 3.8) is 0 Å². The smallest absolute Gasteiger partial charge is 0.326 e. The number of nitrogens with one attached hydrogen (secondary N) is 1. The van der Waals surface area contributed by atoms with Crippen molar-refractivity contribution in [1.29, 1.82) is 0 Å². The second kappa shape index (κ2) is 9.61. The van der Waals surface area contributed by atoms with E-state index in [2.05, 4.69) is 5.32 Å². The number of Topliss-reactive ketones (excluding diaryl/α,β-unsaturated/α-hetero) is 1. The van der Waals surface area contributed by atoms with Crippen molar-refractivity contribution in [1.82, 2.24) is 0 Å². The number of carbonyl (C=O) groups is 2. The van der Waals surface area contributed by atoms with Crippen LogP contribution in [0, 0.1) is 17.6 Å². The van der Waals surface area contributed by atoms with Gasteiger partial charge in [-0.2, -0.15) is 22.0 Å². The van der Waals surface area contributed by atoms with E-state index in [4.69, 9.17) is 46.4 Å². The van der Waals surface area contributed by atoms with Gasteiger partial charge in [-0.05, 0) is 29.8 Å². The lowest BCUT2D eigenvalue weighted by molar-refractivity contribution is -0.283. The van der Waals surface area contributed by atoms with Crippen LogP contribution < -0.4 is 5.32 Å². The Morgan fingerprint density at radius 2 is 1.60 bits per heavy atom. The van der Waals surface area contributed by atoms with Gasteiger partial charge in [0.25, 0.3) is 0 Å². The molecular weight excluding hydrogens is 573 g/mol. The summed E-state index contributed by atoms with van der Waals surface area (Å²) in [5, 5.41) is 1.37. The van der Waals surface area contributed by atoms with Crippen molar-refractivity contribution in [3.8, 4) is 0 Å². The molecule has 3 nitrogen and oxygen atoms in total. The number of ketones is 1. The van der Waals surface area contributed by atoms with Crippen LogP contribution in [0.1, 0.15) is 34.7 Å². The topological polar surface area (TPSA) is 46.2 Å². The number of hydrogen-bond donors (Lipinski definition) is 1. The standard InChI is InChI=1S/C21H12Cl4F7NO2/c22-11-5-8(1-2-13(11)26)15-16(20(15,24)25)18(35)33-9-6-10(17(27)12(23)7-9)14(34)3-4-19(28,29)21(30,31)32/h1-2,5-7,15-16H,3-4H2,(H,33,35). The molecule has 0 aromatic heterocycles. The van der Waals surface area contributed by atoms with Gasteiger partial charge < -0.3 is 5.32 Å². The van der Waals surface area contributed by atoms with Crippen LogP contribution in [0.4, 0.5) is 36.4 Å². The molecule has 3 rings (SSSR count). The molecule has 0 spiro atoms. The predicted molar refractivity (Wildman–Crippen MR) is 117 cm³/mol. The molecule has 0 aliphatic heterocycles. The van der Waals surface area contributed by atoms with Crippen molar-refractivity contribution in [2.45, 2.75) is 35.2 Å². The fraction of sp³-hybridized carbons (Fsp3) is 0.333. The van der Waals surface area contributed by atoms with Gasteiger partial charge in [0, 0.05) is 24.4 Å². The van der Waals surface area contributed by atoms with Crippen LogP contribution in [0.25, 0.3) is 0 Å². The minimum atomic E-state index is -5.88. The molecule has 2 atom stereocenters. The molecule has 190 valence electrons. The molecule has 0 saturated heterocycles. The summed E-state index contributed by atoms with van der Waals surface area (Å²) in [6, 6.07) is 5.24. The Hall–Kier alpha value is -1.75. The molecule has 2 aromatic rings. The highest BCUT2D eigenvalue weighted by Gasteiger charge is 2.67. The Labute approximate surface area is 213 Å². The van der Waals surface area contributed by atoms with Gasteiger partial charge in [-0.3, -0.25) is 9.59 Å². The molecular formula is C21H12Cl4F7NO2. The summed E-state index contributed by atoms with van der Waals surface area (Å²) < 4.78 is 89.3. The van der Waals surface area contributed by atoms with E-state index in [1.54, 1.807) is 0 Å². The molecule has 2 aromatic carbocycles. The normalized spacial score (nSPS) is 19.4. The van der Waals surface area contributed by atoms with Gasteiger partial charge in [0.2, 0.25) is 5.91 Å². The predicted octanol–water partition coefficient (Wildman–Crippen LogP) is 7.96. The van der Waals surface area contributed by atoms with E-state index in [-0.39, 0.29) is 10.7 Å². The second-order valence-corrected chi connectivity index (χ2v) is 10.00. The summed E-state index contributed by atoms with van der Waals surface area (Å²) in [7, 11) is 0. The van der Waals surface area contributed by atoms with Crippen molar-refractivity contribution in [2.24, 2.45) is 5.92 Å². The van der Waals surface area contributed by atoms with Gasteiger partial charge in [0.05, 0.1) is 21.5 Å². The molecule has 1 saturated carbocycles. The molecule has 1 aliphatic rings. The number of carbonyl (C=O) groups excluding carboxylic acids is 2. The summed E-state index contributed by atoms with van der Waals surface area (Å²) in [5.41, 5.74) is -0.814. The lowest BCUT2D eigenvalue weighted by atomic mass is 10.0. The van der Waals surface area contributed by atoms with Crippen LogP contribution in [0.2, 0.25) is 10.0 Å². The SMILES string of the molecule is O=C(CCC(F)(F)C(F)(F)F)c1cc(NC(=O)C2C(c3ccc(F)c(Cl)c3)C2(Cl)Cl)cc(Cl)c1F. The Morgan fingerprint density at radius 3 is 2.17 bits per heavy atom. The summed E-state index contributed by atoms with van der Waals surface area (Å²) in [6.45, 7) is 0. The summed E-state index contributed by atoms with van der Waals surface area (Å²) in [5.74, 6) is -11.4. The number of amides is 1. The highest BCUT2D eigenvalue weighted by molar-refractivity contribution is 6.53. The largest absolute Gasteiger partial charge is 0.453 e. The highest BCUT2D eigenvalue weighted by Crippen LogP contribution is 2.65. The third kappa shape index (κ3) is 5.65. The lowest BCUT2D eigenvalue weighted by Crippen LogP contribution is -2.36. The molecule has 1 amide bonds. The first kappa shape index (κ1) is 27.8. The number of anilines is 1. The van der Waals surface area contributed by atoms with Crippen molar-refractivity contribution >= 4 is 63.8 Å². The molecule has 1 aliphatic carbocycles. The maximum Gasteiger partial charge on any atom is 0.453 e. The van der Waals surface area contributed by atoms with E-state index in [0.29, 0.717) is 5.56 Å². The molecule has 0 bridgehead atoms. The Bertz CT molecular complexity index is 1190. The van der Waals surface area contributed by atoms with Crippen LogP contribution >= 0.6 is 46.4 Å². The third-order valence-electron chi connectivity index (χ3n) is 5.32. The van der Waals surface area contributed by atoms with Gasteiger partial charge in [0.15, 0.2) is 11.6 Å².